The van der Waals surface area contributed by atoms with E-state index in [1.807, 2.05) is 31.2 Å². The van der Waals surface area contributed by atoms with Crippen molar-refractivity contribution in [3.63, 3.8) is 0 Å². The van der Waals surface area contributed by atoms with Gasteiger partial charge in [0, 0.05) is 12.0 Å². The van der Waals surface area contributed by atoms with Crippen LogP contribution < -0.4 is 0 Å². The second kappa shape index (κ2) is 6.07. The molecule has 25 heavy (non-hydrogen) atoms. The van der Waals surface area contributed by atoms with Gasteiger partial charge in [-0.25, -0.2) is 27.7 Å². The zero-order chi connectivity index (χ0) is 17.4. The number of aryl methyl sites for hydroxylation is 1. The van der Waals surface area contributed by atoms with Crippen LogP contribution in [0.4, 0.5) is 0 Å². The Morgan fingerprint density at radius 1 is 1.28 bits per heavy atom. The van der Waals surface area contributed by atoms with Gasteiger partial charge in [0.2, 0.25) is 0 Å². The van der Waals surface area contributed by atoms with Gasteiger partial charge >= 0.3 is 0 Å². The lowest BCUT2D eigenvalue weighted by molar-refractivity contribution is 0.500. The van der Waals surface area contributed by atoms with E-state index in [1.165, 1.54) is 6.33 Å². The van der Waals surface area contributed by atoms with Crippen molar-refractivity contribution in [2.75, 3.05) is 11.5 Å². The molecule has 9 heteroatoms. The number of benzene rings is 1. The van der Waals surface area contributed by atoms with Crippen LogP contribution in [0.25, 0.3) is 17.1 Å². The Labute approximate surface area is 145 Å². The smallest absolute Gasteiger partial charge is 0.160 e. The van der Waals surface area contributed by atoms with Gasteiger partial charge in [0.1, 0.15) is 12.7 Å². The normalized spacial score (nSPS) is 19.3. The number of nitrogens with zero attached hydrogens (tertiary/aromatic N) is 6. The van der Waals surface area contributed by atoms with E-state index >= 15 is 0 Å². The van der Waals surface area contributed by atoms with Gasteiger partial charge in [0.15, 0.2) is 21.5 Å². The van der Waals surface area contributed by atoms with Crippen LogP contribution in [0, 0.1) is 0 Å². The first-order valence-electron chi connectivity index (χ1n) is 8.17. The van der Waals surface area contributed by atoms with E-state index in [2.05, 4.69) is 20.2 Å². The van der Waals surface area contributed by atoms with Crippen molar-refractivity contribution in [3.8, 4) is 17.1 Å². The Hall–Kier alpha value is -2.55. The number of para-hydroxylation sites is 1. The van der Waals surface area contributed by atoms with Crippen LogP contribution in [0.5, 0.6) is 0 Å². The molecule has 0 N–H and O–H groups in total. The molecule has 0 bridgehead atoms. The number of hydrogen-bond acceptors (Lipinski definition) is 6. The van der Waals surface area contributed by atoms with E-state index in [4.69, 9.17) is 0 Å². The molecule has 130 valence electrons. The number of sulfone groups is 1. The first kappa shape index (κ1) is 15.9. The molecule has 2 aromatic heterocycles. The Bertz CT molecular complexity index is 994. The monoisotopic (exact) mass is 358 g/mol. The van der Waals surface area contributed by atoms with Crippen LogP contribution >= 0.6 is 0 Å². The standard InChI is InChI=1S/C16H18N6O2S/c1-2-15-19-16(22(20-15)12-7-8-25(23,24)9-12)13-5-3-4-6-14(13)21-11-17-10-18-21/h3-6,10-12H,2,7-9H2,1H3/t12-/m0/s1. The van der Waals surface area contributed by atoms with Crippen LogP contribution in [0.3, 0.4) is 0 Å². The minimum absolute atomic E-state index is 0.109. The molecule has 3 heterocycles. The van der Waals surface area contributed by atoms with Gasteiger partial charge in [-0.15, -0.1) is 0 Å². The van der Waals surface area contributed by atoms with E-state index in [0.717, 1.165) is 11.3 Å². The molecular formula is C16H18N6O2S. The highest BCUT2D eigenvalue weighted by Crippen LogP contribution is 2.31. The van der Waals surface area contributed by atoms with Crippen molar-refractivity contribution >= 4 is 9.84 Å². The summed E-state index contributed by atoms with van der Waals surface area (Å²) in [6.45, 7) is 1.98. The van der Waals surface area contributed by atoms with Gasteiger partial charge in [0.05, 0.1) is 23.2 Å². The summed E-state index contributed by atoms with van der Waals surface area (Å²) in [6, 6.07) is 7.53. The van der Waals surface area contributed by atoms with Gasteiger partial charge in [0.25, 0.3) is 0 Å². The molecule has 3 aromatic rings. The maximum Gasteiger partial charge on any atom is 0.160 e. The van der Waals surface area contributed by atoms with Crippen LogP contribution in [0.1, 0.15) is 25.2 Å². The van der Waals surface area contributed by atoms with Gasteiger partial charge in [-0.1, -0.05) is 19.1 Å². The molecule has 8 nitrogen and oxygen atoms in total. The molecule has 1 aromatic carbocycles. The number of rotatable bonds is 4. The molecule has 1 aliphatic rings. The van der Waals surface area contributed by atoms with Crippen molar-refractivity contribution in [3.05, 3.63) is 42.7 Å². The maximum atomic E-state index is 11.9. The molecule has 0 spiro atoms. The predicted octanol–water partition coefficient (Wildman–Crippen LogP) is 1.45. The van der Waals surface area contributed by atoms with E-state index in [1.54, 1.807) is 15.7 Å². The highest BCUT2D eigenvalue weighted by atomic mass is 32.2. The zero-order valence-corrected chi connectivity index (χ0v) is 14.6. The van der Waals surface area contributed by atoms with E-state index in [9.17, 15) is 8.42 Å². The molecule has 4 rings (SSSR count). The van der Waals surface area contributed by atoms with Gasteiger partial charge < -0.3 is 0 Å². The Balaban J connectivity index is 1.86. The fourth-order valence-corrected chi connectivity index (χ4v) is 4.81. The van der Waals surface area contributed by atoms with Crippen molar-refractivity contribution in [1.29, 1.82) is 0 Å². The Morgan fingerprint density at radius 2 is 2.12 bits per heavy atom. The predicted molar refractivity (Wildman–Crippen MR) is 92.1 cm³/mol. The first-order valence-corrected chi connectivity index (χ1v) is 10.00. The summed E-state index contributed by atoms with van der Waals surface area (Å²) in [4.78, 5) is 8.66. The molecule has 0 aliphatic carbocycles. The highest BCUT2D eigenvalue weighted by molar-refractivity contribution is 7.91. The van der Waals surface area contributed by atoms with Gasteiger partial charge in [-0.3, -0.25) is 0 Å². The van der Waals surface area contributed by atoms with E-state index in [-0.39, 0.29) is 17.5 Å². The fraction of sp³-hybridized carbons (Fsp3) is 0.375. The van der Waals surface area contributed by atoms with E-state index < -0.39 is 9.84 Å². The number of aromatic nitrogens is 6. The topological polar surface area (TPSA) is 95.6 Å². The summed E-state index contributed by atoms with van der Waals surface area (Å²) in [7, 11) is -3.01. The fourth-order valence-electron chi connectivity index (χ4n) is 3.12. The summed E-state index contributed by atoms with van der Waals surface area (Å²) < 4.78 is 27.3. The Morgan fingerprint density at radius 3 is 2.80 bits per heavy atom. The minimum Gasteiger partial charge on any atom is -0.241 e. The lowest BCUT2D eigenvalue weighted by Gasteiger charge is -2.14. The van der Waals surface area contributed by atoms with Crippen molar-refractivity contribution < 1.29 is 8.42 Å². The second-order valence-electron chi connectivity index (χ2n) is 6.06. The minimum atomic E-state index is -3.01. The van der Waals surface area contributed by atoms with Crippen LogP contribution in [0.2, 0.25) is 0 Å². The molecule has 0 amide bonds. The maximum absolute atomic E-state index is 11.9. The third kappa shape index (κ3) is 2.95. The van der Waals surface area contributed by atoms with Crippen LogP contribution in [0.15, 0.2) is 36.9 Å². The molecule has 0 unspecified atom stereocenters. The third-order valence-corrected chi connectivity index (χ3v) is 6.11. The zero-order valence-electron chi connectivity index (χ0n) is 13.8. The number of hydrogen-bond donors (Lipinski definition) is 0. The van der Waals surface area contributed by atoms with Gasteiger partial charge in [-0.2, -0.15) is 10.2 Å². The third-order valence-electron chi connectivity index (χ3n) is 4.36. The average Bonchev–Trinajstić information content (AvgIpc) is 3.33. The molecule has 1 aliphatic heterocycles. The lowest BCUT2D eigenvalue weighted by Crippen LogP contribution is -2.14. The molecule has 1 atom stereocenters. The molecule has 1 fully saturated rings. The largest absolute Gasteiger partial charge is 0.241 e. The van der Waals surface area contributed by atoms with Gasteiger partial charge in [-0.05, 0) is 18.6 Å². The quantitative estimate of drug-likeness (QED) is 0.700. The Kier molecular flexibility index (Phi) is 3.87. The summed E-state index contributed by atoms with van der Waals surface area (Å²) in [5, 5.41) is 8.77. The average molecular weight is 358 g/mol. The van der Waals surface area contributed by atoms with Crippen molar-refractivity contribution in [1.82, 2.24) is 29.5 Å². The molecular weight excluding hydrogens is 340 g/mol. The lowest BCUT2D eigenvalue weighted by atomic mass is 10.1. The summed E-state index contributed by atoms with van der Waals surface area (Å²) in [5.41, 5.74) is 1.68. The van der Waals surface area contributed by atoms with Crippen LogP contribution in [-0.4, -0.2) is 49.5 Å². The van der Waals surface area contributed by atoms with Crippen LogP contribution in [-0.2, 0) is 16.3 Å². The summed E-state index contributed by atoms with van der Waals surface area (Å²) in [6.07, 6.45) is 4.35. The van der Waals surface area contributed by atoms with Crippen molar-refractivity contribution in [2.45, 2.75) is 25.8 Å². The summed E-state index contributed by atoms with van der Waals surface area (Å²) in [5.74, 6) is 1.68. The molecule has 0 radical (unpaired) electrons. The molecule has 0 saturated carbocycles. The molecule has 1 saturated heterocycles. The highest BCUT2D eigenvalue weighted by Gasteiger charge is 2.32. The summed E-state index contributed by atoms with van der Waals surface area (Å²) >= 11 is 0. The van der Waals surface area contributed by atoms with E-state index in [0.29, 0.717) is 24.5 Å². The SMILES string of the molecule is CCc1nc(-c2ccccc2-n2cncn2)n([C@H]2CCS(=O)(=O)C2)n1. The second-order valence-corrected chi connectivity index (χ2v) is 8.29. The first-order chi connectivity index (χ1) is 12.1. The van der Waals surface area contributed by atoms with Crippen molar-refractivity contribution in [2.24, 2.45) is 0 Å².